The molecule has 0 aromatic rings. The number of aliphatic hydroxyl groups is 20. The van der Waals surface area contributed by atoms with E-state index in [4.69, 9.17) is 66.3 Å². The molecule has 14 bridgehead atoms. The van der Waals surface area contributed by atoms with E-state index in [1.54, 1.807) is 0 Å². The molecular weight excluding hydrogens is 1120 g/mol. The first-order chi connectivity index (χ1) is 38.5. The van der Waals surface area contributed by atoms with Crippen molar-refractivity contribution in [3.05, 3.63) is 0 Å². The first-order valence-electron chi connectivity index (χ1n) is 25.8. The molecule has 0 aliphatic carbocycles. The van der Waals surface area contributed by atoms with E-state index in [2.05, 4.69) is 5.32 Å². The second-order valence-corrected chi connectivity index (χ2v) is 20.5. The number of hydrogen-bond donors (Lipinski definition) is 22. The lowest BCUT2D eigenvalue weighted by Gasteiger charge is -2.50. The van der Waals surface area contributed by atoms with Crippen LogP contribution in [0.25, 0.3) is 0 Å². The normalized spacial score (nSPS) is 53.2. The van der Waals surface area contributed by atoms with Gasteiger partial charge in [-0.05, 0) is 0 Å². The monoisotopic (exact) mass is 1190 g/mol. The highest BCUT2D eigenvalue weighted by atomic mass is 16.8. The third kappa shape index (κ3) is 13.3. The van der Waals surface area contributed by atoms with Crippen LogP contribution < -0.4 is 5.32 Å². The van der Waals surface area contributed by atoms with Gasteiger partial charge < -0.3 is 179 Å². The smallest absolute Gasteiger partial charge is 0.317 e. The third-order valence-electron chi connectivity index (χ3n) is 15.2. The Morgan fingerprint density at radius 2 is 0.420 bits per heavy atom. The summed E-state index contributed by atoms with van der Waals surface area (Å²) in [7, 11) is 0. The van der Waals surface area contributed by atoms with Gasteiger partial charge in [-0.1, -0.05) is 0 Å². The second-order valence-electron chi connectivity index (χ2n) is 20.5. The van der Waals surface area contributed by atoms with Crippen LogP contribution in [0.1, 0.15) is 0 Å². The molecule has 0 spiro atoms. The van der Waals surface area contributed by atoms with Crippen LogP contribution in [0.5, 0.6) is 0 Å². The van der Waals surface area contributed by atoms with Crippen LogP contribution in [0, 0.1) is 0 Å². The summed E-state index contributed by atoms with van der Waals surface area (Å²) >= 11 is 0. The average Bonchev–Trinajstić information content (AvgIpc) is 3.45. The zero-order valence-corrected chi connectivity index (χ0v) is 42.4. The number of ether oxygens (including phenoxy) is 14. The molecule has 0 amide bonds. The van der Waals surface area contributed by atoms with Crippen molar-refractivity contribution in [2.75, 3.05) is 52.7 Å². The van der Waals surface area contributed by atoms with E-state index in [1.807, 2.05) is 0 Å². The summed E-state index contributed by atoms with van der Waals surface area (Å²) < 4.78 is 80.1. The quantitative estimate of drug-likeness (QED) is 0.0966. The van der Waals surface area contributed by atoms with Crippen molar-refractivity contribution in [3.63, 3.8) is 0 Å². The average molecular weight is 1190 g/mol. The summed E-state index contributed by atoms with van der Waals surface area (Å²) in [5.74, 6) is -1.39. The highest BCUT2D eigenvalue weighted by Crippen LogP contribution is 2.39. The highest BCUT2D eigenvalue weighted by Gasteiger charge is 2.59. The van der Waals surface area contributed by atoms with E-state index >= 15 is 0 Å². The molecule has 21 fully saturated rings. The molecule has 470 valence electrons. The predicted molar refractivity (Wildman–Crippen MR) is 242 cm³/mol. The van der Waals surface area contributed by atoms with Crippen LogP contribution in [0.4, 0.5) is 0 Å². The van der Waals surface area contributed by atoms with Crippen molar-refractivity contribution in [2.24, 2.45) is 0 Å². The zero-order valence-electron chi connectivity index (χ0n) is 42.4. The Kier molecular flexibility index (Phi) is 22.4. The number of nitrogens with one attached hydrogen (secondary N) is 1. The van der Waals surface area contributed by atoms with Gasteiger partial charge in [0.25, 0.3) is 0 Å². The molecule has 35 atom stereocenters. The molecule has 37 nitrogen and oxygen atoms in total. The minimum absolute atomic E-state index is 0.582. The second kappa shape index (κ2) is 27.8. The van der Waals surface area contributed by atoms with E-state index in [-0.39, 0.29) is 0 Å². The predicted octanol–water partition coefficient (Wildman–Crippen LogP) is -15.5. The van der Waals surface area contributed by atoms with Crippen molar-refractivity contribution in [2.45, 2.75) is 215 Å². The maximum atomic E-state index is 11.6. The molecule has 0 aromatic carbocycles. The standard InChI is InChI=1S/C44H73NO36/c46-3-10-32-19(56)26(63)40(70-10)78-34-12(5-48)72-42(28(65)21(34)58)80-36-14(7-50)74-44(30(67)23(36)60)81-37-15(8-51)73-43(29(66)22(37)59)79-35-13(6-49)71-41(27(64)20(35)57)77-33-11(4-47)69-39(25(62)18(33)55)75-31-9(1-45-2-16(52)53)68-38(76-32)24(61)17(31)54/h9-15,17-51,54-67H,1-8H2,(H,52,53)/t9-,10+,11-,12+,13-,14+,15-,17+,18+,19+,20+,21-,22+,23+,24+,25+,26-,27+,28-,29+,30+,31+,32+,33+,34+,35+,36+,37+,38+,39+,40+,41+,42+,43+,44+/m0/s1. The van der Waals surface area contributed by atoms with Crippen LogP contribution in [0.2, 0.25) is 0 Å². The largest absolute Gasteiger partial charge is 0.480 e. The van der Waals surface area contributed by atoms with Crippen LogP contribution in [-0.4, -0.2) is 381 Å². The van der Waals surface area contributed by atoms with Crippen molar-refractivity contribution in [1.29, 1.82) is 0 Å². The maximum Gasteiger partial charge on any atom is 0.317 e. The van der Waals surface area contributed by atoms with Gasteiger partial charge in [-0.15, -0.1) is 0 Å². The summed E-state index contributed by atoms with van der Waals surface area (Å²) in [6, 6.07) is 0. The molecule has 21 saturated heterocycles. The Hall–Kier alpha value is -1.93. The molecule has 0 radical (unpaired) electrons. The van der Waals surface area contributed by atoms with Gasteiger partial charge >= 0.3 is 5.97 Å². The van der Waals surface area contributed by atoms with Crippen LogP contribution in [0.3, 0.4) is 0 Å². The molecule has 21 aliphatic heterocycles. The van der Waals surface area contributed by atoms with Gasteiger partial charge in [-0.2, -0.15) is 0 Å². The van der Waals surface area contributed by atoms with E-state index < -0.39 is 274 Å². The number of aliphatic hydroxyl groups excluding tert-OH is 20. The molecule has 0 aromatic heterocycles. The maximum absolute atomic E-state index is 11.6. The van der Waals surface area contributed by atoms with Crippen molar-refractivity contribution in [1.82, 2.24) is 5.32 Å². The van der Waals surface area contributed by atoms with Crippen LogP contribution in [0.15, 0.2) is 0 Å². The van der Waals surface area contributed by atoms with E-state index in [0.717, 1.165) is 0 Å². The van der Waals surface area contributed by atoms with Gasteiger partial charge in [-0.25, -0.2) is 0 Å². The summed E-state index contributed by atoms with van der Waals surface area (Å²) in [4.78, 5) is 11.5. The van der Waals surface area contributed by atoms with E-state index in [1.165, 1.54) is 0 Å². The van der Waals surface area contributed by atoms with Gasteiger partial charge in [0.15, 0.2) is 44.0 Å². The van der Waals surface area contributed by atoms with E-state index in [0.29, 0.717) is 0 Å². The molecule has 21 heterocycles. The van der Waals surface area contributed by atoms with Crippen molar-refractivity contribution >= 4 is 5.97 Å². The number of hydrogen-bond acceptors (Lipinski definition) is 36. The number of rotatable bonds is 10. The van der Waals surface area contributed by atoms with E-state index in [9.17, 15) is 112 Å². The van der Waals surface area contributed by atoms with Gasteiger partial charge in [0.05, 0.1) is 46.2 Å². The highest BCUT2D eigenvalue weighted by molar-refractivity contribution is 5.69. The lowest BCUT2D eigenvalue weighted by molar-refractivity contribution is -0.396. The number of carboxylic acids is 1. The van der Waals surface area contributed by atoms with Crippen molar-refractivity contribution < 1.29 is 178 Å². The fraction of sp³-hybridized carbons (Fsp3) is 0.977. The van der Waals surface area contributed by atoms with Gasteiger partial charge in [0.1, 0.15) is 171 Å². The SMILES string of the molecule is O=C(O)CNC[C@@H]1O[C@@H]2O[C@H]3[C@H](O)[C@H](O)[C@@H](O[C@H]4[C@@H](O)[C@H](O)[C@@H](O[C@H]5[C@H](O)[C@@H](O)[C@@H](O[C@H]6[C@H](O)[C@@H](O)[C@@H](O[C@H]7[C@H](O)[C@@H](O)[C@@H](O[C@H]8[C@H](O)[C@@H](O)[C@@H](O[C@H]1[C@H](O)[C@H]2O)O[C@H]8CO)O[C@H]7CO)O[C@H]6CO)O[C@@H]5CO)O[C@@H]4CO)O[C@@H]3CO. The molecule has 0 unspecified atom stereocenters. The molecule has 22 N–H and O–H groups in total. The Morgan fingerprint density at radius 1 is 0.259 bits per heavy atom. The van der Waals surface area contributed by atoms with Gasteiger partial charge in [-0.3, -0.25) is 4.79 Å². The molecule has 21 aliphatic rings. The lowest BCUT2D eigenvalue weighted by atomic mass is 9.95. The Labute approximate surface area is 456 Å². The lowest BCUT2D eigenvalue weighted by Crippen LogP contribution is -2.68. The first kappa shape index (κ1) is 65.1. The minimum Gasteiger partial charge on any atom is -0.480 e. The fourth-order valence-electron chi connectivity index (χ4n) is 10.8. The van der Waals surface area contributed by atoms with Gasteiger partial charge in [0.2, 0.25) is 0 Å². The topological polar surface area (TPSA) is 583 Å². The molecule has 21 rings (SSSR count). The van der Waals surface area contributed by atoms with Crippen LogP contribution in [-0.2, 0) is 71.1 Å². The third-order valence-corrected chi connectivity index (χ3v) is 15.2. The minimum atomic E-state index is -2.25. The Bertz CT molecular complexity index is 1960. The molecule has 0 saturated carbocycles. The summed E-state index contributed by atoms with van der Waals surface area (Å²) in [5.41, 5.74) is 0. The fourth-order valence-corrected chi connectivity index (χ4v) is 10.8. The molecule has 37 heteroatoms. The summed E-state index contributed by atoms with van der Waals surface area (Å²) in [5, 5.41) is 233. The van der Waals surface area contributed by atoms with Crippen molar-refractivity contribution in [3.8, 4) is 0 Å². The summed E-state index contributed by atoms with van der Waals surface area (Å²) in [6.45, 7) is -7.72. The number of carboxylic acid groups (broad SMARTS) is 1. The zero-order chi connectivity index (χ0) is 59.0. The number of aliphatic carboxylic acids is 1. The summed E-state index contributed by atoms with van der Waals surface area (Å²) in [6.07, 6.45) is -71.0. The van der Waals surface area contributed by atoms with Gasteiger partial charge in [0, 0.05) is 6.54 Å². The number of carbonyl (C=O) groups is 1. The molecule has 81 heavy (non-hydrogen) atoms. The first-order valence-corrected chi connectivity index (χ1v) is 25.8. The molecular formula is C44H73NO36. The Balaban J connectivity index is 1.09. The Morgan fingerprint density at radius 3 is 0.580 bits per heavy atom. The van der Waals surface area contributed by atoms with Crippen LogP contribution >= 0.6 is 0 Å².